The number of hydrogen-bond donors (Lipinski definition) is 1. The lowest BCUT2D eigenvalue weighted by Gasteiger charge is -2.31. The van der Waals surface area contributed by atoms with Crippen LogP contribution in [0.25, 0.3) is 15.8 Å². The van der Waals surface area contributed by atoms with Crippen LogP contribution in [0.3, 0.4) is 0 Å². The Morgan fingerprint density at radius 2 is 1.88 bits per heavy atom. The molecule has 5 rings (SSSR count). The van der Waals surface area contributed by atoms with Crippen LogP contribution in [0.5, 0.6) is 0 Å². The predicted molar refractivity (Wildman–Crippen MR) is 163 cm³/mol. The third-order valence-electron chi connectivity index (χ3n) is 7.93. The van der Waals surface area contributed by atoms with Gasteiger partial charge in [0, 0.05) is 45.0 Å². The van der Waals surface area contributed by atoms with E-state index >= 15 is 0 Å². The summed E-state index contributed by atoms with van der Waals surface area (Å²) in [5.41, 5.74) is 3.58. The fourth-order valence-electron chi connectivity index (χ4n) is 5.45. The molecule has 1 saturated heterocycles. The molecule has 0 aliphatic carbocycles. The Kier molecular flexibility index (Phi) is 8.89. The molecule has 2 aromatic heterocycles. The first-order valence-electron chi connectivity index (χ1n) is 14.4. The maximum absolute atomic E-state index is 12.7. The summed E-state index contributed by atoms with van der Waals surface area (Å²) in [5, 5.41) is 11.1. The summed E-state index contributed by atoms with van der Waals surface area (Å²) in [6, 6.07) is 6.42. The number of fused-ring (bicyclic) bond motifs is 1. The largest absolute Gasteiger partial charge is 0.390 e. The molecule has 1 fully saturated rings. The molecule has 2 aliphatic heterocycles. The monoisotopic (exact) mass is 583 g/mol. The van der Waals surface area contributed by atoms with E-state index in [0.29, 0.717) is 25.4 Å². The van der Waals surface area contributed by atoms with E-state index in [2.05, 4.69) is 40.0 Å². The Morgan fingerprint density at radius 1 is 1.12 bits per heavy atom. The molecule has 0 atom stereocenters. The van der Waals surface area contributed by atoms with E-state index in [4.69, 9.17) is 4.98 Å². The zero-order valence-corrected chi connectivity index (χ0v) is 25.5. The van der Waals surface area contributed by atoms with Gasteiger partial charge in [0.2, 0.25) is 16.0 Å². The van der Waals surface area contributed by atoms with E-state index in [1.54, 1.807) is 25.2 Å². The SMILES string of the molecule is CCCc1cnc(N2CCC(Cc3nc4ccc(C5=CCN(S(=O)(=O)CCC(C)(C)O)CC5)cc4s3)CC2)nc1. The summed E-state index contributed by atoms with van der Waals surface area (Å²) in [5.74, 6) is 1.42. The number of sulfonamides is 1. The first kappa shape index (κ1) is 29.1. The van der Waals surface area contributed by atoms with Gasteiger partial charge >= 0.3 is 0 Å². The molecule has 40 heavy (non-hydrogen) atoms. The van der Waals surface area contributed by atoms with Gasteiger partial charge in [0.05, 0.1) is 26.6 Å². The number of piperidine rings is 1. The number of aromatic nitrogens is 3. The van der Waals surface area contributed by atoms with Gasteiger partial charge in [0.15, 0.2) is 0 Å². The molecule has 0 radical (unpaired) electrons. The van der Waals surface area contributed by atoms with E-state index in [9.17, 15) is 13.5 Å². The maximum atomic E-state index is 12.7. The molecular weight excluding hydrogens is 542 g/mol. The lowest BCUT2D eigenvalue weighted by Crippen LogP contribution is -2.38. The Balaban J connectivity index is 1.17. The van der Waals surface area contributed by atoms with Gasteiger partial charge in [-0.1, -0.05) is 25.5 Å². The van der Waals surface area contributed by atoms with Crippen LogP contribution in [-0.2, 0) is 22.9 Å². The maximum Gasteiger partial charge on any atom is 0.225 e. The molecule has 8 nitrogen and oxygen atoms in total. The molecule has 0 saturated carbocycles. The molecular formula is C30H41N5O3S2. The van der Waals surface area contributed by atoms with Crippen LogP contribution in [0.2, 0.25) is 0 Å². The van der Waals surface area contributed by atoms with Crippen LogP contribution in [-0.4, -0.2) is 70.3 Å². The molecule has 0 amide bonds. The number of hydrogen-bond acceptors (Lipinski definition) is 8. The average molecular weight is 584 g/mol. The van der Waals surface area contributed by atoms with Crippen LogP contribution < -0.4 is 4.90 Å². The first-order valence-corrected chi connectivity index (χ1v) is 16.9. The Labute approximate surface area is 242 Å². The molecule has 0 unspecified atom stereocenters. The van der Waals surface area contributed by atoms with E-state index in [1.165, 1.54) is 25.1 Å². The Morgan fingerprint density at radius 3 is 2.52 bits per heavy atom. The molecule has 0 bridgehead atoms. The third kappa shape index (κ3) is 7.26. The minimum absolute atomic E-state index is 0.0335. The van der Waals surface area contributed by atoms with Crippen LogP contribution in [0, 0.1) is 5.92 Å². The van der Waals surface area contributed by atoms with Gasteiger partial charge in [-0.05, 0) is 80.7 Å². The molecule has 1 aromatic carbocycles. The summed E-state index contributed by atoms with van der Waals surface area (Å²) in [6.07, 6.45) is 12.2. The van der Waals surface area contributed by atoms with Crippen molar-refractivity contribution >= 4 is 43.1 Å². The second-order valence-electron chi connectivity index (χ2n) is 11.8. The fourth-order valence-corrected chi connectivity index (χ4v) is 8.25. The summed E-state index contributed by atoms with van der Waals surface area (Å²) in [6.45, 7) is 8.26. The first-order chi connectivity index (χ1) is 19.1. The summed E-state index contributed by atoms with van der Waals surface area (Å²) < 4.78 is 28.1. The van der Waals surface area contributed by atoms with Crippen molar-refractivity contribution in [2.45, 2.75) is 71.3 Å². The van der Waals surface area contributed by atoms with E-state index in [-0.39, 0.29) is 12.2 Å². The fraction of sp³-hybridized carbons (Fsp3) is 0.567. The van der Waals surface area contributed by atoms with E-state index in [0.717, 1.165) is 62.2 Å². The third-order valence-corrected chi connectivity index (χ3v) is 10.8. The predicted octanol–water partition coefficient (Wildman–Crippen LogP) is 5.08. The minimum atomic E-state index is -3.38. The van der Waals surface area contributed by atoms with Crippen molar-refractivity contribution in [3.63, 3.8) is 0 Å². The number of anilines is 1. The van der Waals surface area contributed by atoms with Gasteiger partial charge in [0.1, 0.15) is 0 Å². The zero-order valence-electron chi connectivity index (χ0n) is 23.8. The van der Waals surface area contributed by atoms with Crippen molar-refractivity contribution in [3.05, 3.63) is 52.8 Å². The molecule has 1 N–H and O–H groups in total. The van der Waals surface area contributed by atoms with E-state index < -0.39 is 15.6 Å². The molecule has 216 valence electrons. The van der Waals surface area contributed by atoms with Crippen LogP contribution >= 0.6 is 11.3 Å². The summed E-state index contributed by atoms with van der Waals surface area (Å²) >= 11 is 1.78. The lowest BCUT2D eigenvalue weighted by molar-refractivity contribution is 0.0769. The van der Waals surface area contributed by atoms with Crippen molar-refractivity contribution in [1.29, 1.82) is 0 Å². The molecule has 4 heterocycles. The zero-order chi connectivity index (χ0) is 28.3. The number of rotatable bonds is 10. The summed E-state index contributed by atoms with van der Waals surface area (Å²) in [4.78, 5) is 16.4. The topological polar surface area (TPSA) is 99.5 Å². The van der Waals surface area contributed by atoms with Gasteiger partial charge in [-0.3, -0.25) is 0 Å². The van der Waals surface area contributed by atoms with Crippen molar-refractivity contribution < 1.29 is 13.5 Å². The highest BCUT2D eigenvalue weighted by Gasteiger charge is 2.27. The molecule has 3 aromatic rings. The number of aryl methyl sites for hydroxylation is 1. The van der Waals surface area contributed by atoms with Gasteiger partial charge < -0.3 is 10.0 Å². The number of benzene rings is 1. The highest BCUT2D eigenvalue weighted by Crippen LogP contribution is 2.32. The van der Waals surface area contributed by atoms with Crippen molar-refractivity contribution in [2.24, 2.45) is 5.92 Å². The molecule has 0 spiro atoms. The summed E-state index contributed by atoms with van der Waals surface area (Å²) in [7, 11) is -3.38. The van der Waals surface area contributed by atoms with Crippen LogP contribution in [0.15, 0.2) is 36.7 Å². The van der Waals surface area contributed by atoms with E-state index in [1.807, 2.05) is 18.5 Å². The van der Waals surface area contributed by atoms with Gasteiger partial charge in [-0.15, -0.1) is 11.3 Å². The van der Waals surface area contributed by atoms with Crippen LogP contribution in [0.4, 0.5) is 5.95 Å². The minimum Gasteiger partial charge on any atom is -0.390 e. The Hall–Kier alpha value is -2.40. The normalized spacial score (nSPS) is 17.9. The van der Waals surface area contributed by atoms with Crippen molar-refractivity contribution in [3.8, 4) is 0 Å². The second kappa shape index (κ2) is 12.2. The quantitative estimate of drug-likeness (QED) is 0.355. The van der Waals surface area contributed by atoms with Gasteiger partial charge in [-0.25, -0.2) is 23.4 Å². The average Bonchev–Trinajstić information content (AvgIpc) is 3.34. The highest BCUT2D eigenvalue weighted by atomic mass is 32.2. The lowest BCUT2D eigenvalue weighted by atomic mass is 9.94. The molecule has 10 heteroatoms. The second-order valence-corrected chi connectivity index (χ2v) is 15.0. The number of aliphatic hydroxyl groups is 1. The smallest absolute Gasteiger partial charge is 0.225 e. The Bertz CT molecular complexity index is 1440. The van der Waals surface area contributed by atoms with Crippen LogP contribution in [0.1, 0.15) is 69.0 Å². The standard InChI is InChI=1S/C30H41N5O3S2/c1-4-5-23-20-31-29(32-21-23)34-13-8-22(9-14-34)18-28-33-26-7-6-25(19-27(26)39-28)24-10-15-35(16-11-24)40(37,38)17-12-30(2,3)36/h6-7,10,19-22,36H,4-5,8-9,11-18H2,1-3H3. The number of nitrogens with zero attached hydrogens (tertiary/aromatic N) is 5. The van der Waals surface area contributed by atoms with Gasteiger partial charge in [-0.2, -0.15) is 4.31 Å². The highest BCUT2D eigenvalue weighted by molar-refractivity contribution is 7.89. The number of thiazole rings is 1. The molecule has 2 aliphatic rings. The van der Waals surface area contributed by atoms with Crippen molar-refractivity contribution in [1.82, 2.24) is 19.3 Å². The van der Waals surface area contributed by atoms with Gasteiger partial charge in [0.25, 0.3) is 0 Å². The van der Waals surface area contributed by atoms with Crippen molar-refractivity contribution in [2.75, 3.05) is 36.8 Å².